The van der Waals surface area contributed by atoms with Crippen molar-refractivity contribution >= 4 is 17.2 Å². The average molecular weight is 305 g/mol. The van der Waals surface area contributed by atoms with Crippen LogP contribution >= 0.6 is 11.3 Å². The zero-order valence-corrected chi connectivity index (χ0v) is 13.1. The molecular formula is C15H19N3O2S. The maximum atomic E-state index is 12.5. The third kappa shape index (κ3) is 3.01. The van der Waals surface area contributed by atoms with E-state index in [2.05, 4.69) is 30.1 Å². The maximum Gasteiger partial charge on any atom is 0.274 e. The number of thiophene rings is 1. The summed E-state index contributed by atoms with van der Waals surface area (Å²) in [5, 5.41) is 7.14. The fourth-order valence-electron chi connectivity index (χ4n) is 2.45. The number of carbonyl (C=O) groups is 1. The Kier molecular flexibility index (Phi) is 4.07. The number of carbonyl (C=O) groups excluding carboxylic acids is 1. The number of amides is 1. The van der Waals surface area contributed by atoms with E-state index >= 15 is 0 Å². The summed E-state index contributed by atoms with van der Waals surface area (Å²) in [6, 6.07) is 5.95. The molecule has 1 saturated heterocycles. The van der Waals surface area contributed by atoms with Crippen molar-refractivity contribution in [2.45, 2.75) is 26.4 Å². The third-order valence-electron chi connectivity index (χ3n) is 3.68. The lowest BCUT2D eigenvalue weighted by Crippen LogP contribution is -2.45. The first-order valence-corrected chi connectivity index (χ1v) is 8.02. The van der Waals surface area contributed by atoms with Crippen LogP contribution in [-0.4, -0.2) is 46.8 Å². The Morgan fingerprint density at radius 3 is 3.14 bits per heavy atom. The first-order chi connectivity index (χ1) is 10.2. The van der Waals surface area contributed by atoms with Crippen molar-refractivity contribution in [3.8, 4) is 10.6 Å². The average Bonchev–Trinajstić information content (AvgIpc) is 3.15. The van der Waals surface area contributed by atoms with Crippen molar-refractivity contribution in [1.29, 1.82) is 0 Å². The van der Waals surface area contributed by atoms with Gasteiger partial charge in [-0.05, 0) is 31.5 Å². The quantitative estimate of drug-likeness (QED) is 0.948. The van der Waals surface area contributed by atoms with Gasteiger partial charge in [-0.25, -0.2) is 0 Å². The van der Waals surface area contributed by atoms with E-state index < -0.39 is 0 Å². The number of nitrogens with zero attached hydrogens (tertiary/aromatic N) is 2. The van der Waals surface area contributed by atoms with Crippen LogP contribution in [0.3, 0.4) is 0 Å². The SMILES string of the molecule is CCC1CN(C(=O)c2cc(-c3ccc(C)s3)[nH]n2)CCO1. The van der Waals surface area contributed by atoms with Gasteiger partial charge in [0.05, 0.1) is 23.3 Å². The van der Waals surface area contributed by atoms with Crippen LogP contribution < -0.4 is 0 Å². The molecular weight excluding hydrogens is 286 g/mol. The van der Waals surface area contributed by atoms with Gasteiger partial charge >= 0.3 is 0 Å². The van der Waals surface area contributed by atoms with E-state index in [0.717, 1.165) is 17.0 Å². The van der Waals surface area contributed by atoms with Gasteiger partial charge in [-0.3, -0.25) is 9.89 Å². The molecule has 5 nitrogen and oxygen atoms in total. The van der Waals surface area contributed by atoms with Gasteiger partial charge in [0.15, 0.2) is 5.69 Å². The topological polar surface area (TPSA) is 58.2 Å². The molecule has 1 N–H and O–H groups in total. The van der Waals surface area contributed by atoms with Gasteiger partial charge < -0.3 is 9.64 Å². The van der Waals surface area contributed by atoms with Crippen LogP contribution in [0, 0.1) is 6.92 Å². The fourth-order valence-corrected chi connectivity index (χ4v) is 3.28. The summed E-state index contributed by atoms with van der Waals surface area (Å²) in [6.07, 6.45) is 1.06. The maximum absolute atomic E-state index is 12.5. The predicted molar refractivity (Wildman–Crippen MR) is 82.6 cm³/mol. The minimum Gasteiger partial charge on any atom is -0.375 e. The lowest BCUT2D eigenvalue weighted by Gasteiger charge is -2.31. The predicted octanol–water partition coefficient (Wildman–Crippen LogP) is 2.70. The van der Waals surface area contributed by atoms with Gasteiger partial charge in [0, 0.05) is 18.0 Å². The van der Waals surface area contributed by atoms with Crippen LogP contribution in [0.25, 0.3) is 10.6 Å². The number of nitrogens with one attached hydrogen (secondary N) is 1. The Labute approximate surface area is 127 Å². The zero-order valence-electron chi connectivity index (χ0n) is 12.3. The van der Waals surface area contributed by atoms with Crippen LogP contribution in [0.2, 0.25) is 0 Å². The Balaban J connectivity index is 1.75. The Bertz CT molecular complexity index is 634. The van der Waals surface area contributed by atoms with Gasteiger partial charge in [-0.2, -0.15) is 5.10 Å². The van der Waals surface area contributed by atoms with Gasteiger partial charge in [0.25, 0.3) is 5.91 Å². The fraction of sp³-hybridized carbons (Fsp3) is 0.467. The second-order valence-corrected chi connectivity index (χ2v) is 6.52. The second kappa shape index (κ2) is 5.99. The smallest absolute Gasteiger partial charge is 0.274 e. The molecule has 1 aliphatic rings. The Hall–Kier alpha value is -1.66. The summed E-state index contributed by atoms with van der Waals surface area (Å²) in [6.45, 7) is 6.02. The molecule has 0 aromatic carbocycles. The van der Waals surface area contributed by atoms with Crippen LogP contribution in [-0.2, 0) is 4.74 Å². The summed E-state index contributed by atoms with van der Waals surface area (Å²) in [7, 11) is 0. The molecule has 3 heterocycles. The molecule has 0 bridgehead atoms. The highest BCUT2D eigenvalue weighted by Crippen LogP contribution is 2.26. The molecule has 3 rings (SSSR count). The van der Waals surface area contributed by atoms with Gasteiger partial charge in [0.1, 0.15) is 0 Å². The van der Waals surface area contributed by atoms with Crippen molar-refractivity contribution in [1.82, 2.24) is 15.1 Å². The molecule has 21 heavy (non-hydrogen) atoms. The molecule has 0 saturated carbocycles. The molecule has 6 heteroatoms. The van der Waals surface area contributed by atoms with Crippen molar-refractivity contribution < 1.29 is 9.53 Å². The van der Waals surface area contributed by atoms with Gasteiger partial charge in [-0.15, -0.1) is 11.3 Å². The monoisotopic (exact) mass is 305 g/mol. The molecule has 2 aromatic heterocycles. The summed E-state index contributed by atoms with van der Waals surface area (Å²) >= 11 is 1.69. The van der Waals surface area contributed by atoms with E-state index in [9.17, 15) is 4.79 Å². The molecule has 1 aliphatic heterocycles. The van der Waals surface area contributed by atoms with Crippen LogP contribution in [0.4, 0.5) is 0 Å². The number of hydrogen-bond donors (Lipinski definition) is 1. The number of H-pyrrole nitrogens is 1. The zero-order chi connectivity index (χ0) is 14.8. The van der Waals surface area contributed by atoms with Crippen LogP contribution in [0.1, 0.15) is 28.7 Å². The highest BCUT2D eigenvalue weighted by Gasteiger charge is 2.25. The van der Waals surface area contributed by atoms with Crippen molar-refractivity contribution in [2.24, 2.45) is 0 Å². The summed E-state index contributed by atoms with van der Waals surface area (Å²) in [4.78, 5) is 16.7. The number of aromatic amines is 1. The Morgan fingerprint density at radius 2 is 2.43 bits per heavy atom. The molecule has 1 atom stereocenters. The van der Waals surface area contributed by atoms with Gasteiger partial charge in [-0.1, -0.05) is 6.92 Å². The highest BCUT2D eigenvalue weighted by atomic mass is 32.1. The summed E-state index contributed by atoms with van der Waals surface area (Å²) in [5.41, 5.74) is 1.38. The summed E-state index contributed by atoms with van der Waals surface area (Å²) in [5.74, 6) is -0.0208. The first-order valence-electron chi connectivity index (χ1n) is 7.20. The lowest BCUT2D eigenvalue weighted by molar-refractivity contribution is -0.0228. The molecule has 0 radical (unpaired) electrons. The molecule has 1 unspecified atom stereocenters. The highest BCUT2D eigenvalue weighted by molar-refractivity contribution is 7.15. The van der Waals surface area contributed by atoms with Crippen LogP contribution in [0.15, 0.2) is 18.2 Å². The van der Waals surface area contributed by atoms with Crippen molar-refractivity contribution in [2.75, 3.05) is 19.7 Å². The van der Waals surface area contributed by atoms with E-state index in [4.69, 9.17) is 4.74 Å². The standard InChI is InChI=1S/C15H19N3O2S/c1-3-11-9-18(6-7-20-11)15(19)13-8-12(16-17-13)14-5-4-10(2)21-14/h4-5,8,11H,3,6-7,9H2,1-2H3,(H,16,17). The number of aryl methyl sites for hydroxylation is 1. The van der Waals surface area contributed by atoms with E-state index in [1.54, 1.807) is 11.3 Å². The largest absolute Gasteiger partial charge is 0.375 e. The minimum absolute atomic E-state index is 0.0208. The number of ether oxygens (including phenoxy) is 1. The molecule has 0 spiro atoms. The van der Waals surface area contributed by atoms with E-state index in [1.807, 2.05) is 17.0 Å². The summed E-state index contributed by atoms with van der Waals surface area (Å²) < 4.78 is 5.60. The second-order valence-electron chi connectivity index (χ2n) is 5.23. The number of hydrogen-bond acceptors (Lipinski definition) is 4. The number of rotatable bonds is 3. The molecule has 2 aromatic rings. The first kappa shape index (κ1) is 14.3. The van der Waals surface area contributed by atoms with Crippen molar-refractivity contribution in [3.63, 3.8) is 0 Å². The van der Waals surface area contributed by atoms with Crippen LogP contribution in [0.5, 0.6) is 0 Å². The van der Waals surface area contributed by atoms with Crippen molar-refractivity contribution in [3.05, 3.63) is 28.8 Å². The van der Waals surface area contributed by atoms with Gasteiger partial charge in [0.2, 0.25) is 0 Å². The minimum atomic E-state index is -0.0208. The van der Waals surface area contributed by atoms with E-state index in [1.165, 1.54) is 4.88 Å². The van der Waals surface area contributed by atoms with E-state index in [-0.39, 0.29) is 12.0 Å². The molecule has 112 valence electrons. The molecule has 1 amide bonds. The Morgan fingerprint density at radius 1 is 1.57 bits per heavy atom. The normalized spacial score (nSPS) is 19.0. The van der Waals surface area contributed by atoms with E-state index in [0.29, 0.717) is 25.4 Å². The molecule has 1 fully saturated rings. The number of morpholine rings is 1. The third-order valence-corrected chi connectivity index (χ3v) is 4.72. The molecule has 0 aliphatic carbocycles. The number of aromatic nitrogens is 2. The lowest BCUT2D eigenvalue weighted by atomic mass is 10.2.